The molecule has 0 aliphatic rings. The van der Waals surface area contributed by atoms with Gasteiger partial charge in [0.05, 0.1) is 43.9 Å². The van der Waals surface area contributed by atoms with Crippen LogP contribution in [0.4, 0.5) is 0 Å². The van der Waals surface area contributed by atoms with Gasteiger partial charge in [0.15, 0.2) is 0 Å². The topological polar surface area (TPSA) is 39.9 Å². The first-order valence-corrected chi connectivity index (χ1v) is 16.5. The molecule has 0 aliphatic heterocycles. The number of para-hydroxylation sites is 1. The zero-order valence-corrected chi connectivity index (χ0v) is 24.4. The maximum absolute atomic E-state index is 4.77. The predicted molar refractivity (Wildman–Crippen MR) is 149 cm³/mol. The molecule has 0 bridgehead atoms. The maximum Gasteiger partial charge on any atom is 1.00 e. The summed E-state index contributed by atoms with van der Waals surface area (Å²) in [7, 11) is -0.522. The summed E-state index contributed by atoms with van der Waals surface area (Å²) in [5.74, 6) is 0. The average molecular weight is 665 g/mol. The molecule has 167 valence electrons. The molecule has 33 heavy (non-hydrogen) atoms. The SMILES string of the molecule is C[PH+](C)c1ccccc1[PH+](C)C.[Os+].c1ccc2c(c1)[n-]c1c3nsnc3c3ccccc3c21. The van der Waals surface area contributed by atoms with Crippen LogP contribution in [-0.4, -0.2) is 35.4 Å². The van der Waals surface area contributed by atoms with Gasteiger partial charge in [-0.1, -0.05) is 66.2 Å². The van der Waals surface area contributed by atoms with E-state index in [4.69, 9.17) is 4.98 Å². The number of hydrogen-bond acceptors (Lipinski definition) is 3. The Kier molecular flexibility index (Phi) is 7.58. The van der Waals surface area contributed by atoms with Gasteiger partial charge in [-0.25, -0.2) is 0 Å². The van der Waals surface area contributed by atoms with Crippen molar-refractivity contribution in [3.05, 3.63) is 72.8 Å². The van der Waals surface area contributed by atoms with Crippen LogP contribution in [0.5, 0.6) is 0 Å². The van der Waals surface area contributed by atoms with Gasteiger partial charge in [0, 0.05) is 21.2 Å². The Hall–Kier alpha value is -1.74. The summed E-state index contributed by atoms with van der Waals surface area (Å²) in [4.78, 5) is 4.77. The van der Waals surface area contributed by atoms with E-state index in [-0.39, 0.29) is 35.6 Å². The van der Waals surface area contributed by atoms with Crippen molar-refractivity contribution in [1.82, 2.24) is 13.7 Å². The quantitative estimate of drug-likeness (QED) is 0.214. The maximum atomic E-state index is 4.77. The molecule has 0 atom stereocenters. The molecule has 2 heterocycles. The molecule has 7 heteroatoms. The second-order valence-corrected chi connectivity index (χ2v) is 14.0. The van der Waals surface area contributed by atoms with E-state index in [0.29, 0.717) is 0 Å². The van der Waals surface area contributed by atoms with Crippen LogP contribution < -0.4 is 15.6 Å². The van der Waals surface area contributed by atoms with Crippen LogP contribution in [0.2, 0.25) is 0 Å². The predicted octanol–water partition coefficient (Wildman–Crippen LogP) is 5.99. The number of benzene rings is 4. The van der Waals surface area contributed by atoms with Gasteiger partial charge in [0.25, 0.3) is 0 Å². The largest absolute Gasteiger partial charge is 1.00 e. The van der Waals surface area contributed by atoms with E-state index in [1.165, 1.54) is 27.9 Å². The molecule has 2 aromatic heterocycles. The third kappa shape index (κ3) is 4.50. The zero-order valence-electron chi connectivity index (χ0n) is 19.0. The molecule has 3 nitrogen and oxygen atoms in total. The first-order valence-electron chi connectivity index (χ1n) is 10.7. The van der Waals surface area contributed by atoms with Gasteiger partial charge < -0.3 is 4.98 Å². The summed E-state index contributed by atoms with van der Waals surface area (Å²) in [6.45, 7) is 9.48. The molecule has 0 fully saturated rings. The van der Waals surface area contributed by atoms with Gasteiger partial charge in [-0.15, -0.1) is 5.52 Å². The number of nitrogens with zero attached hydrogens (tertiary/aromatic N) is 3. The van der Waals surface area contributed by atoms with Crippen molar-refractivity contribution in [3.8, 4) is 0 Å². The molecule has 0 aliphatic carbocycles. The summed E-state index contributed by atoms with van der Waals surface area (Å²) in [5, 5.41) is 8.02. The number of aromatic nitrogens is 3. The Balaban J connectivity index is 0.000000174. The van der Waals surface area contributed by atoms with Gasteiger partial charge in [0.2, 0.25) is 0 Å². The molecule has 0 unspecified atom stereocenters. The molecule has 6 aromatic rings. The second kappa shape index (κ2) is 10.3. The third-order valence-corrected chi connectivity index (χ3v) is 9.62. The molecule has 0 saturated heterocycles. The average Bonchev–Trinajstić information content (AvgIpc) is 3.45. The molecular formula is C26H26N3OsP2S+2. The Bertz CT molecular complexity index is 1520. The fourth-order valence-corrected chi connectivity index (χ4v) is 8.48. The van der Waals surface area contributed by atoms with E-state index < -0.39 is 0 Å². The number of hydrogen-bond donors (Lipinski definition) is 0. The Morgan fingerprint density at radius 2 is 1.15 bits per heavy atom. The van der Waals surface area contributed by atoms with Crippen LogP contribution in [0.25, 0.3) is 43.6 Å². The number of fused-ring (bicyclic) bond motifs is 8. The van der Waals surface area contributed by atoms with E-state index >= 15 is 0 Å². The van der Waals surface area contributed by atoms with Crippen LogP contribution in [0.1, 0.15) is 0 Å². The summed E-state index contributed by atoms with van der Waals surface area (Å²) in [6.07, 6.45) is 0. The van der Waals surface area contributed by atoms with Gasteiger partial charge in [0.1, 0.15) is 16.1 Å². The molecule has 0 spiro atoms. The summed E-state index contributed by atoms with van der Waals surface area (Å²) < 4.78 is 8.92. The normalized spacial score (nSPS) is 11.3. The van der Waals surface area contributed by atoms with Gasteiger partial charge in [-0.05, 0) is 28.3 Å². The van der Waals surface area contributed by atoms with Crippen molar-refractivity contribution in [1.29, 1.82) is 0 Å². The minimum atomic E-state index is -0.261. The fourth-order valence-electron chi connectivity index (χ4n) is 4.31. The molecule has 1 radical (unpaired) electrons. The zero-order chi connectivity index (χ0) is 22.2. The molecule has 4 aromatic carbocycles. The second-order valence-electron chi connectivity index (χ2n) is 8.41. The van der Waals surface area contributed by atoms with Crippen molar-refractivity contribution in [3.63, 3.8) is 0 Å². The van der Waals surface area contributed by atoms with Crippen LogP contribution in [-0.2, 0) is 19.8 Å². The first-order chi connectivity index (χ1) is 15.6. The minimum Gasteiger partial charge on any atom is -0.655 e. The van der Waals surface area contributed by atoms with Crippen molar-refractivity contribution in [2.75, 3.05) is 26.7 Å². The van der Waals surface area contributed by atoms with Crippen LogP contribution in [0.3, 0.4) is 0 Å². The molecule has 0 saturated carbocycles. The molecule has 0 amide bonds. The first kappa shape index (κ1) is 24.4. The summed E-state index contributed by atoms with van der Waals surface area (Å²) in [5.41, 5.74) is 3.86. The van der Waals surface area contributed by atoms with E-state index in [9.17, 15) is 0 Å². The molecule has 0 N–H and O–H groups in total. The van der Waals surface area contributed by atoms with E-state index in [1.54, 1.807) is 10.6 Å². The Morgan fingerprint density at radius 1 is 0.636 bits per heavy atom. The van der Waals surface area contributed by atoms with Crippen molar-refractivity contribution < 1.29 is 19.8 Å². The monoisotopic (exact) mass is 666 g/mol. The van der Waals surface area contributed by atoms with E-state index in [1.807, 2.05) is 12.1 Å². The minimum absolute atomic E-state index is 0. The fraction of sp³-hybridized carbons (Fsp3) is 0.154. The van der Waals surface area contributed by atoms with Gasteiger partial charge in [-0.3, -0.25) is 0 Å². The standard InChI is InChI=1S/C16H8N3S.C10H16P2.Os/c1-2-6-10-9(5-1)13-11-7-3-4-8-12(11)17-15(13)16-14(10)18-20-19-16;1-11(2)9-7-5-6-8-10(9)12(3)4;/h1-8H;5-8H,1-4H3;/q-1;;+1/p+2. The van der Waals surface area contributed by atoms with Crippen LogP contribution in [0, 0.1) is 0 Å². The van der Waals surface area contributed by atoms with Crippen LogP contribution >= 0.6 is 27.6 Å². The summed E-state index contributed by atoms with van der Waals surface area (Å²) in [6, 6.07) is 25.6. The summed E-state index contributed by atoms with van der Waals surface area (Å²) >= 11 is 1.25. The smallest absolute Gasteiger partial charge is 0.655 e. The Labute approximate surface area is 213 Å². The van der Waals surface area contributed by atoms with Crippen LogP contribution in [0.15, 0.2) is 72.8 Å². The van der Waals surface area contributed by atoms with Gasteiger partial charge >= 0.3 is 19.8 Å². The molecule has 6 rings (SSSR count). The van der Waals surface area contributed by atoms with Crippen molar-refractivity contribution in [2.45, 2.75) is 0 Å². The Morgan fingerprint density at radius 3 is 1.79 bits per heavy atom. The number of rotatable bonds is 2. The third-order valence-electron chi connectivity index (χ3n) is 5.81. The van der Waals surface area contributed by atoms with Crippen molar-refractivity contribution in [2.24, 2.45) is 0 Å². The molecular weight excluding hydrogens is 639 g/mol. The van der Waals surface area contributed by atoms with Gasteiger partial charge in [-0.2, -0.15) is 8.75 Å². The van der Waals surface area contributed by atoms with E-state index in [0.717, 1.165) is 27.5 Å². The van der Waals surface area contributed by atoms with Crippen molar-refractivity contribution >= 4 is 81.8 Å². The van der Waals surface area contributed by atoms with E-state index in [2.05, 4.69) is 96.1 Å².